The van der Waals surface area contributed by atoms with Crippen LogP contribution in [0.15, 0.2) is 17.2 Å². The van der Waals surface area contributed by atoms with Crippen molar-refractivity contribution in [1.82, 2.24) is 9.97 Å². The van der Waals surface area contributed by atoms with Crippen LogP contribution in [0.5, 0.6) is 0 Å². The maximum atomic E-state index is 11.8. The van der Waals surface area contributed by atoms with Gasteiger partial charge in [0.1, 0.15) is 5.69 Å². The van der Waals surface area contributed by atoms with Crippen molar-refractivity contribution in [2.75, 3.05) is 0 Å². The number of alkyl halides is 3. The van der Waals surface area contributed by atoms with Gasteiger partial charge in [-0.1, -0.05) is 0 Å². The quantitative estimate of drug-likeness (QED) is 0.616. The Hall–Kier alpha value is -1.33. The lowest BCUT2D eigenvalue weighted by atomic mass is 10.4. The molecule has 0 atom stereocenters. The van der Waals surface area contributed by atoms with E-state index in [4.69, 9.17) is 0 Å². The zero-order valence-corrected chi connectivity index (χ0v) is 5.14. The van der Waals surface area contributed by atoms with Gasteiger partial charge in [-0.2, -0.15) is 13.2 Å². The van der Waals surface area contributed by atoms with E-state index in [1.807, 2.05) is 0 Å². The standard InChI is InChI=1S/C5H3F3N2O/c6-5(7,8)3-1-9-2-4(11)10-3/h1-2H,(H,10,11). The highest BCUT2D eigenvalue weighted by Crippen LogP contribution is 2.25. The second-order valence-electron chi connectivity index (χ2n) is 1.81. The van der Waals surface area contributed by atoms with Crippen molar-refractivity contribution in [1.29, 1.82) is 0 Å². The Morgan fingerprint density at radius 2 is 2.00 bits per heavy atom. The third-order valence-electron chi connectivity index (χ3n) is 0.959. The molecule has 0 amide bonds. The Balaban J connectivity index is 3.16. The molecule has 0 aromatic carbocycles. The highest BCUT2D eigenvalue weighted by molar-refractivity contribution is 4.99. The molecule has 0 aliphatic rings. The average molecular weight is 164 g/mol. The highest BCUT2D eigenvalue weighted by atomic mass is 19.4. The monoisotopic (exact) mass is 164 g/mol. The molecule has 3 nitrogen and oxygen atoms in total. The first-order valence-corrected chi connectivity index (χ1v) is 2.61. The predicted molar refractivity (Wildman–Crippen MR) is 29.9 cm³/mol. The van der Waals surface area contributed by atoms with E-state index in [-0.39, 0.29) is 0 Å². The molecule has 6 heteroatoms. The number of rotatable bonds is 0. The summed E-state index contributed by atoms with van der Waals surface area (Å²) in [6, 6.07) is 0. The number of aromatic nitrogens is 2. The smallest absolute Gasteiger partial charge is 0.316 e. The summed E-state index contributed by atoms with van der Waals surface area (Å²) in [5.74, 6) is 0. The van der Waals surface area contributed by atoms with Gasteiger partial charge < -0.3 is 4.98 Å². The molecule has 0 saturated carbocycles. The van der Waals surface area contributed by atoms with Crippen LogP contribution in [0.25, 0.3) is 0 Å². The fraction of sp³-hybridized carbons (Fsp3) is 0.200. The van der Waals surface area contributed by atoms with Crippen molar-refractivity contribution in [3.63, 3.8) is 0 Å². The van der Waals surface area contributed by atoms with Gasteiger partial charge in [-0.3, -0.25) is 9.78 Å². The van der Waals surface area contributed by atoms with Crippen LogP contribution in [-0.4, -0.2) is 9.97 Å². The van der Waals surface area contributed by atoms with Gasteiger partial charge in [-0.25, -0.2) is 0 Å². The van der Waals surface area contributed by atoms with Crippen LogP contribution in [-0.2, 0) is 6.18 Å². The number of H-pyrrole nitrogens is 1. The molecule has 0 radical (unpaired) electrons. The summed E-state index contributed by atoms with van der Waals surface area (Å²) in [5, 5.41) is 0. The predicted octanol–water partition coefficient (Wildman–Crippen LogP) is 0.789. The van der Waals surface area contributed by atoms with Crippen molar-refractivity contribution in [3.8, 4) is 0 Å². The average Bonchev–Trinajstić information content (AvgIpc) is 1.86. The number of hydrogen-bond acceptors (Lipinski definition) is 2. The van der Waals surface area contributed by atoms with E-state index >= 15 is 0 Å². The molecule has 0 spiro atoms. The van der Waals surface area contributed by atoms with Crippen LogP contribution in [0.3, 0.4) is 0 Å². The molecule has 0 fully saturated rings. The minimum absolute atomic E-state index is 0.557. The van der Waals surface area contributed by atoms with Crippen molar-refractivity contribution >= 4 is 0 Å². The van der Waals surface area contributed by atoms with Crippen molar-refractivity contribution < 1.29 is 13.2 Å². The van der Waals surface area contributed by atoms with Crippen LogP contribution in [0.2, 0.25) is 0 Å². The molecule has 0 bridgehead atoms. The molecule has 1 aromatic heterocycles. The van der Waals surface area contributed by atoms with Crippen molar-refractivity contribution in [2.24, 2.45) is 0 Å². The topological polar surface area (TPSA) is 45.8 Å². The van der Waals surface area contributed by atoms with Gasteiger partial charge in [0.15, 0.2) is 0 Å². The molecule has 1 heterocycles. The first-order valence-electron chi connectivity index (χ1n) is 2.61. The first-order chi connectivity index (χ1) is 5.00. The molecule has 0 unspecified atom stereocenters. The summed E-state index contributed by atoms with van der Waals surface area (Å²) in [6.45, 7) is 0. The number of hydrogen-bond donors (Lipinski definition) is 1. The zero-order chi connectivity index (χ0) is 8.48. The number of aromatic amines is 1. The Labute approximate surface area is 58.9 Å². The third-order valence-corrected chi connectivity index (χ3v) is 0.959. The van der Waals surface area contributed by atoms with Gasteiger partial charge in [0.05, 0.1) is 12.4 Å². The van der Waals surface area contributed by atoms with Crippen molar-refractivity contribution in [3.05, 3.63) is 28.4 Å². The van der Waals surface area contributed by atoms with E-state index in [2.05, 4.69) is 4.98 Å². The second-order valence-corrected chi connectivity index (χ2v) is 1.81. The molecular formula is C5H3F3N2O. The first kappa shape index (κ1) is 7.77. The fourth-order valence-corrected chi connectivity index (χ4v) is 0.521. The van der Waals surface area contributed by atoms with Crippen LogP contribution in [0.1, 0.15) is 5.69 Å². The lowest BCUT2D eigenvalue weighted by molar-refractivity contribution is -0.141. The third kappa shape index (κ3) is 1.79. The van der Waals surface area contributed by atoms with Gasteiger partial charge in [-0.15, -0.1) is 0 Å². The van der Waals surface area contributed by atoms with Crippen LogP contribution < -0.4 is 5.56 Å². The van der Waals surface area contributed by atoms with Crippen LogP contribution in [0, 0.1) is 0 Å². The summed E-state index contributed by atoms with van der Waals surface area (Å²) in [6.07, 6.45) is -3.20. The summed E-state index contributed by atoms with van der Waals surface area (Å²) < 4.78 is 35.3. The van der Waals surface area contributed by atoms with Crippen LogP contribution in [0.4, 0.5) is 13.2 Å². The number of nitrogens with one attached hydrogen (secondary N) is 1. The molecule has 1 N–H and O–H groups in total. The van der Waals surface area contributed by atoms with E-state index in [1.165, 1.54) is 0 Å². The molecule has 60 valence electrons. The van der Waals surface area contributed by atoms with E-state index in [0.717, 1.165) is 6.20 Å². The summed E-state index contributed by atoms with van der Waals surface area (Å²) in [5.41, 5.74) is -2.00. The van der Waals surface area contributed by atoms with E-state index < -0.39 is 17.4 Å². The molecule has 11 heavy (non-hydrogen) atoms. The molecule has 0 saturated heterocycles. The molecule has 0 aliphatic heterocycles. The second kappa shape index (κ2) is 2.37. The van der Waals surface area contributed by atoms with Gasteiger partial charge in [0.25, 0.3) is 5.56 Å². The van der Waals surface area contributed by atoms with Crippen molar-refractivity contribution in [2.45, 2.75) is 6.18 Å². The van der Waals surface area contributed by atoms with Gasteiger partial charge in [0.2, 0.25) is 0 Å². The van der Waals surface area contributed by atoms with Gasteiger partial charge in [0, 0.05) is 0 Å². The Morgan fingerprint density at radius 1 is 1.36 bits per heavy atom. The highest BCUT2D eigenvalue weighted by Gasteiger charge is 2.31. The number of nitrogens with zero attached hydrogens (tertiary/aromatic N) is 1. The maximum absolute atomic E-state index is 11.8. The lowest BCUT2D eigenvalue weighted by Crippen LogP contribution is -2.15. The molecule has 0 aliphatic carbocycles. The van der Waals surface area contributed by atoms with Gasteiger partial charge >= 0.3 is 6.18 Å². The normalized spacial score (nSPS) is 11.5. The fourth-order valence-electron chi connectivity index (χ4n) is 0.521. The molecule has 1 rings (SSSR count). The maximum Gasteiger partial charge on any atom is 0.432 e. The Bertz CT molecular complexity index is 303. The van der Waals surface area contributed by atoms with E-state index in [9.17, 15) is 18.0 Å². The molecule has 1 aromatic rings. The minimum atomic E-state index is -4.53. The van der Waals surface area contributed by atoms with E-state index in [0.29, 0.717) is 6.20 Å². The van der Waals surface area contributed by atoms with Gasteiger partial charge in [-0.05, 0) is 0 Å². The summed E-state index contributed by atoms with van der Waals surface area (Å²) >= 11 is 0. The summed E-state index contributed by atoms with van der Waals surface area (Å²) in [7, 11) is 0. The Kier molecular flexibility index (Phi) is 1.67. The molecular weight excluding hydrogens is 161 g/mol. The number of halogens is 3. The Morgan fingerprint density at radius 3 is 2.36 bits per heavy atom. The summed E-state index contributed by atoms with van der Waals surface area (Å²) in [4.78, 5) is 15.0. The largest absolute Gasteiger partial charge is 0.432 e. The van der Waals surface area contributed by atoms with E-state index in [1.54, 1.807) is 4.98 Å². The minimum Gasteiger partial charge on any atom is -0.316 e. The van der Waals surface area contributed by atoms with Crippen LogP contribution >= 0.6 is 0 Å². The zero-order valence-electron chi connectivity index (χ0n) is 5.14. The SMILES string of the molecule is O=c1cncc(C(F)(F)F)[nH]1. The lowest BCUT2D eigenvalue weighted by Gasteiger charge is -2.03.